The summed E-state index contributed by atoms with van der Waals surface area (Å²) < 4.78 is 5.45. The summed E-state index contributed by atoms with van der Waals surface area (Å²) in [5.41, 5.74) is 1.34. The zero-order valence-corrected chi connectivity index (χ0v) is 16.0. The van der Waals surface area contributed by atoms with Gasteiger partial charge in [0.1, 0.15) is 5.69 Å². The van der Waals surface area contributed by atoms with E-state index in [0.717, 1.165) is 25.9 Å². The fourth-order valence-electron chi connectivity index (χ4n) is 3.29. The lowest BCUT2D eigenvalue weighted by molar-refractivity contribution is -0.117. The molecule has 0 spiro atoms. The van der Waals surface area contributed by atoms with E-state index in [2.05, 4.69) is 25.3 Å². The van der Waals surface area contributed by atoms with Gasteiger partial charge in [-0.25, -0.2) is 0 Å². The highest BCUT2D eigenvalue weighted by Crippen LogP contribution is 2.28. The topological polar surface area (TPSA) is 84.2 Å². The van der Waals surface area contributed by atoms with E-state index in [0.29, 0.717) is 34.7 Å². The molecule has 0 bridgehead atoms. The minimum absolute atomic E-state index is 0.0678. The Balaban J connectivity index is 1.30. The molecule has 1 aliphatic heterocycles. The molecule has 1 N–H and O–H groups in total. The molecule has 0 saturated carbocycles. The molecule has 1 aromatic carbocycles. The Kier molecular flexibility index (Phi) is 5.64. The van der Waals surface area contributed by atoms with Crippen LogP contribution >= 0.6 is 11.6 Å². The number of para-hydroxylation sites is 1. The van der Waals surface area contributed by atoms with Crippen molar-refractivity contribution in [2.75, 3.05) is 25.0 Å². The van der Waals surface area contributed by atoms with Crippen LogP contribution < -0.4 is 5.32 Å². The summed E-state index contributed by atoms with van der Waals surface area (Å²) in [6, 6.07) is 12.8. The van der Waals surface area contributed by atoms with Crippen molar-refractivity contribution in [2.24, 2.45) is 0 Å². The third-order valence-corrected chi connectivity index (χ3v) is 5.12. The summed E-state index contributed by atoms with van der Waals surface area (Å²) in [7, 11) is 0. The van der Waals surface area contributed by atoms with Crippen LogP contribution in [0.15, 0.2) is 53.2 Å². The van der Waals surface area contributed by atoms with Gasteiger partial charge in [-0.1, -0.05) is 35.0 Å². The monoisotopic (exact) mass is 397 g/mol. The molecular weight excluding hydrogens is 378 g/mol. The van der Waals surface area contributed by atoms with Gasteiger partial charge in [0.25, 0.3) is 0 Å². The molecule has 4 rings (SSSR count). The molecule has 0 aliphatic carbocycles. The highest BCUT2D eigenvalue weighted by atomic mass is 35.5. The second-order valence-electron chi connectivity index (χ2n) is 6.75. The molecule has 0 atom stereocenters. The first-order valence-electron chi connectivity index (χ1n) is 9.21. The first-order valence-corrected chi connectivity index (χ1v) is 9.58. The van der Waals surface area contributed by atoms with Crippen LogP contribution in [0.3, 0.4) is 0 Å². The van der Waals surface area contributed by atoms with E-state index in [9.17, 15) is 4.79 Å². The number of nitrogens with one attached hydrogen (secondary N) is 1. The molecule has 8 heteroatoms. The Hall–Kier alpha value is -2.77. The lowest BCUT2D eigenvalue weighted by atomic mass is 9.97. The van der Waals surface area contributed by atoms with Crippen molar-refractivity contribution in [2.45, 2.75) is 18.8 Å². The Morgan fingerprint density at radius 3 is 2.71 bits per heavy atom. The Labute approximate surface area is 167 Å². The number of piperidine rings is 1. The fraction of sp³-hybridized carbons (Fsp3) is 0.300. The van der Waals surface area contributed by atoms with Crippen molar-refractivity contribution in [1.82, 2.24) is 20.0 Å². The summed E-state index contributed by atoms with van der Waals surface area (Å²) in [5.74, 6) is 1.28. The van der Waals surface area contributed by atoms with E-state index in [4.69, 9.17) is 16.1 Å². The highest BCUT2D eigenvalue weighted by molar-refractivity contribution is 6.33. The van der Waals surface area contributed by atoms with Crippen molar-refractivity contribution < 1.29 is 9.32 Å². The number of likely N-dealkylation sites (tertiary alicyclic amines) is 1. The second-order valence-corrected chi connectivity index (χ2v) is 7.16. The van der Waals surface area contributed by atoms with E-state index >= 15 is 0 Å². The Bertz CT molecular complexity index is 939. The number of rotatable bonds is 5. The van der Waals surface area contributed by atoms with Crippen molar-refractivity contribution in [3.63, 3.8) is 0 Å². The zero-order valence-electron chi connectivity index (χ0n) is 15.2. The molecule has 3 heterocycles. The number of nitrogens with zero attached hydrogens (tertiary/aromatic N) is 4. The predicted molar refractivity (Wildman–Crippen MR) is 106 cm³/mol. The number of benzene rings is 1. The van der Waals surface area contributed by atoms with Crippen LogP contribution in [0.4, 0.5) is 5.69 Å². The number of halogens is 1. The normalized spacial score (nSPS) is 15.5. The van der Waals surface area contributed by atoms with Gasteiger partial charge in [-0.15, -0.1) is 0 Å². The SMILES string of the molecule is O=C(CN1CCC(c2nc(-c3ccccn3)no2)CC1)Nc1ccccc1Cl. The van der Waals surface area contributed by atoms with E-state index in [-0.39, 0.29) is 11.8 Å². The molecule has 2 aromatic heterocycles. The number of aromatic nitrogens is 3. The average Bonchev–Trinajstić information content (AvgIpc) is 3.21. The summed E-state index contributed by atoms with van der Waals surface area (Å²) in [6.07, 6.45) is 3.43. The molecule has 7 nitrogen and oxygen atoms in total. The quantitative estimate of drug-likeness (QED) is 0.708. The van der Waals surface area contributed by atoms with Crippen LogP contribution in [0.2, 0.25) is 5.02 Å². The van der Waals surface area contributed by atoms with Gasteiger partial charge in [0, 0.05) is 12.1 Å². The Morgan fingerprint density at radius 1 is 1.18 bits per heavy atom. The number of hydrogen-bond acceptors (Lipinski definition) is 6. The molecular formula is C20H20ClN5O2. The van der Waals surface area contributed by atoms with Crippen molar-refractivity contribution in [3.05, 3.63) is 59.6 Å². The minimum Gasteiger partial charge on any atom is -0.339 e. The van der Waals surface area contributed by atoms with Crippen molar-refractivity contribution in [3.8, 4) is 11.5 Å². The van der Waals surface area contributed by atoms with Gasteiger partial charge in [0.2, 0.25) is 17.6 Å². The standard InChI is InChI=1S/C20H20ClN5O2/c21-15-5-1-2-6-16(15)23-18(27)13-26-11-8-14(9-12-26)20-24-19(25-28-20)17-7-3-4-10-22-17/h1-7,10,14H,8-9,11-13H2,(H,23,27). The smallest absolute Gasteiger partial charge is 0.238 e. The van der Waals surface area contributed by atoms with E-state index in [1.165, 1.54) is 0 Å². The lowest BCUT2D eigenvalue weighted by Crippen LogP contribution is -2.38. The van der Waals surface area contributed by atoms with E-state index < -0.39 is 0 Å². The molecule has 0 radical (unpaired) electrons. The van der Waals surface area contributed by atoms with Crippen molar-refractivity contribution in [1.29, 1.82) is 0 Å². The van der Waals surface area contributed by atoms with E-state index in [1.54, 1.807) is 18.3 Å². The summed E-state index contributed by atoms with van der Waals surface area (Å²) >= 11 is 6.09. The molecule has 144 valence electrons. The number of carbonyl (C=O) groups is 1. The number of amides is 1. The van der Waals surface area contributed by atoms with Gasteiger partial charge in [0.15, 0.2) is 0 Å². The highest BCUT2D eigenvalue weighted by Gasteiger charge is 2.26. The number of anilines is 1. The van der Waals surface area contributed by atoms with E-state index in [1.807, 2.05) is 30.3 Å². The maximum atomic E-state index is 12.3. The summed E-state index contributed by atoms with van der Waals surface area (Å²) in [4.78, 5) is 23.2. The van der Waals surface area contributed by atoms with Gasteiger partial charge >= 0.3 is 0 Å². The molecule has 28 heavy (non-hydrogen) atoms. The molecule has 1 saturated heterocycles. The van der Waals surface area contributed by atoms with Gasteiger partial charge in [-0.05, 0) is 50.2 Å². The molecule has 1 fully saturated rings. The zero-order chi connectivity index (χ0) is 19.3. The van der Waals surface area contributed by atoms with Crippen LogP contribution in [0.5, 0.6) is 0 Å². The Morgan fingerprint density at radius 2 is 1.96 bits per heavy atom. The third-order valence-electron chi connectivity index (χ3n) is 4.79. The maximum absolute atomic E-state index is 12.3. The molecule has 1 amide bonds. The molecule has 1 aliphatic rings. The predicted octanol–water partition coefficient (Wildman–Crippen LogP) is 3.60. The van der Waals surface area contributed by atoms with Crippen LogP contribution in [-0.4, -0.2) is 45.6 Å². The number of carbonyl (C=O) groups excluding carboxylic acids is 1. The third kappa shape index (κ3) is 4.37. The maximum Gasteiger partial charge on any atom is 0.238 e. The lowest BCUT2D eigenvalue weighted by Gasteiger charge is -2.29. The van der Waals surface area contributed by atoms with Crippen LogP contribution in [0.25, 0.3) is 11.5 Å². The minimum atomic E-state index is -0.0678. The largest absolute Gasteiger partial charge is 0.339 e. The average molecular weight is 398 g/mol. The first-order chi connectivity index (χ1) is 13.7. The summed E-state index contributed by atoms with van der Waals surface area (Å²) in [5, 5.41) is 7.44. The second kappa shape index (κ2) is 8.50. The van der Waals surface area contributed by atoms with Crippen LogP contribution in [0, 0.1) is 0 Å². The van der Waals surface area contributed by atoms with Gasteiger partial charge < -0.3 is 9.84 Å². The fourth-order valence-corrected chi connectivity index (χ4v) is 3.48. The van der Waals surface area contributed by atoms with Crippen LogP contribution in [0.1, 0.15) is 24.7 Å². The molecule has 3 aromatic rings. The number of hydrogen-bond donors (Lipinski definition) is 1. The molecule has 0 unspecified atom stereocenters. The van der Waals surface area contributed by atoms with Gasteiger partial charge in [-0.2, -0.15) is 4.98 Å². The van der Waals surface area contributed by atoms with Crippen LogP contribution in [-0.2, 0) is 4.79 Å². The van der Waals surface area contributed by atoms with Crippen molar-refractivity contribution >= 4 is 23.2 Å². The number of pyridine rings is 1. The van der Waals surface area contributed by atoms with Gasteiger partial charge in [0.05, 0.1) is 17.3 Å². The first kappa shape index (κ1) is 18.6. The summed E-state index contributed by atoms with van der Waals surface area (Å²) in [6.45, 7) is 1.92. The van der Waals surface area contributed by atoms with Gasteiger partial charge in [-0.3, -0.25) is 14.7 Å².